The van der Waals surface area contributed by atoms with Crippen molar-refractivity contribution in [2.45, 2.75) is 26.4 Å². The number of para-hydroxylation sites is 1. The molecular weight excluding hydrogens is 324 g/mol. The van der Waals surface area contributed by atoms with Crippen molar-refractivity contribution < 1.29 is 9.90 Å². The van der Waals surface area contributed by atoms with Gasteiger partial charge in [0.2, 0.25) is 5.91 Å². The van der Waals surface area contributed by atoms with E-state index >= 15 is 0 Å². The van der Waals surface area contributed by atoms with E-state index in [-0.39, 0.29) is 12.5 Å². The average Bonchev–Trinajstić information content (AvgIpc) is 2.57. The molecule has 5 heteroatoms. The number of hydrogen-bond acceptors (Lipinski definition) is 3. The number of benzene rings is 2. The number of hydrogen-bond donors (Lipinski definition) is 2. The van der Waals surface area contributed by atoms with Crippen LogP contribution in [0.3, 0.4) is 0 Å². The summed E-state index contributed by atoms with van der Waals surface area (Å²) in [5.41, 5.74) is 2.53. The van der Waals surface area contributed by atoms with E-state index in [2.05, 4.69) is 5.32 Å². The molecule has 2 aromatic rings. The number of rotatable bonds is 7. The molecule has 0 spiro atoms. The summed E-state index contributed by atoms with van der Waals surface area (Å²) in [4.78, 5) is 14.3. The number of halogens is 1. The molecule has 0 radical (unpaired) electrons. The molecule has 1 atom stereocenters. The Bertz CT molecular complexity index is 676. The molecule has 0 heterocycles. The summed E-state index contributed by atoms with van der Waals surface area (Å²) in [6, 6.07) is 15.1. The molecule has 1 amide bonds. The number of carbonyl (C=O) groups is 1. The quantitative estimate of drug-likeness (QED) is 0.800. The highest BCUT2D eigenvalue weighted by Gasteiger charge is 2.15. The largest absolute Gasteiger partial charge is 0.391 e. The topological polar surface area (TPSA) is 52.6 Å². The smallest absolute Gasteiger partial charge is 0.243 e. The van der Waals surface area contributed by atoms with Crippen LogP contribution in [0.15, 0.2) is 48.5 Å². The molecule has 0 aliphatic carbocycles. The second-order valence-electron chi connectivity index (χ2n) is 5.81. The van der Waals surface area contributed by atoms with Crippen molar-refractivity contribution in [3.63, 3.8) is 0 Å². The van der Waals surface area contributed by atoms with Crippen molar-refractivity contribution in [2.24, 2.45) is 0 Å². The Hall–Kier alpha value is -2.04. The average molecular weight is 347 g/mol. The summed E-state index contributed by atoms with van der Waals surface area (Å²) in [6.45, 7) is 4.40. The van der Waals surface area contributed by atoms with E-state index in [1.165, 1.54) is 0 Å². The van der Waals surface area contributed by atoms with Gasteiger partial charge in [-0.15, -0.1) is 0 Å². The Kier molecular flexibility index (Phi) is 6.64. The zero-order chi connectivity index (χ0) is 17.5. The minimum Gasteiger partial charge on any atom is -0.391 e. The predicted molar refractivity (Wildman–Crippen MR) is 99.8 cm³/mol. The lowest BCUT2D eigenvalue weighted by Gasteiger charge is -2.26. The van der Waals surface area contributed by atoms with Crippen LogP contribution in [0, 0.1) is 6.92 Å². The van der Waals surface area contributed by atoms with E-state index in [1.807, 2.05) is 61.2 Å². The maximum atomic E-state index is 12.4. The van der Waals surface area contributed by atoms with Crippen LogP contribution < -0.4 is 10.2 Å². The van der Waals surface area contributed by atoms with Crippen LogP contribution in [0.4, 0.5) is 11.4 Å². The van der Waals surface area contributed by atoms with Crippen LogP contribution in [0.2, 0.25) is 5.02 Å². The number of nitrogens with one attached hydrogen (secondary N) is 1. The Morgan fingerprint density at radius 2 is 1.96 bits per heavy atom. The molecule has 4 nitrogen and oxygen atoms in total. The van der Waals surface area contributed by atoms with E-state index in [4.69, 9.17) is 11.6 Å². The number of nitrogens with zero attached hydrogens (tertiary/aromatic N) is 1. The highest BCUT2D eigenvalue weighted by atomic mass is 35.5. The lowest BCUT2D eigenvalue weighted by atomic mass is 10.2. The van der Waals surface area contributed by atoms with Crippen molar-refractivity contribution in [1.29, 1.82) is 0 Å². The van der Waals surface area contributed by atoms with E-state index in [1.54, 1.807) is 6.07 Å². The van der Waals surface area contributed by atoms with Gasteiger partial charge in [-0.3, -0.25) is 4.79 Å². The minimum absolute atomic E-state index is 0.144. The minimum atomic E-state index is -0.485. The van der Waals surface area contributed by atoms with Gasteiger partial charge in [-0.05, 0) is 43.2 Å². The summed E-state index contributed by atoms with van der Waals surface area (Å²) >= 11 is 6.17. The third-order valence-electron chi connectivity index (χ3n) is 3.76. The first-order chi connectivity index (χ1) is 11.5. The molecule has 0 unspecified atom stereocenters. The molecule has 0 saturated heterocycles. The lowest BCUT2D eigenvalue weighted by Crippen LogP contribution is -2.38. The number of anilines is 2. The van der Waals surface area contributed by atoms with E-state index < -0.39 is 6.10 Å². The Morgan fingerprint density at radius 1 is 1.25 bits per heavy atom. The molecule has 0 aromatic heterocycles. The van der Waals surface area contributed by atoms with Crippen molar-refractivity contribution in [3.05, 3.63) is 59.1 Å². The summed E-state index contributed by atoms with van der Waals surface area (Å²) in [6.07, 6.45) is 0.148. The van der Waals surface area contributed by atoms with Gasteiger partial charge >= 0.3 is 0 Å². The molecule has 0 saturated carbocycles. The first-order valence-corrected chi connectivity index (χ1v) is 8.41. The first-order valence-electron chi connectivity index (χ1n) is 8.03. The van der Waals surface area contributed by atoms with E-state index in [9.17, 15) is 9.90 Å². The van der Waals surface area contributed by atoms with Gasteiger partial charge in [-0.1, -0.05) is 42.8 Å². The number of aliphatic hydroxyl groups excluding tert-OH is 1. The fourth-order valence-corrected chi connectivity index (χ4v) is 2.65. The molecular formula is C19H23ClN2O2. The second kappa shape index (κ2) is 8.71. The standard InChI is InChI=1S/C19H23ClN2O2/c1-3-16(23)12-22(15-7-5-4-6-8-15)13-19(24)21-18-10-9-14(2)11-17(18)20/h4-11,16,23H,3,12-13H2,1-2H3,(H,21,24)/t16-/m0/s1. The summed E-state index contributed by atoms with van der Waals surface area (Å²) in [5, 5.41) is 13.3. The van der Waals surface area contributed by atoms with Gasteiger partial charge in [0.1, 0.15) is 0 Å². The first kappa shape index (κ1) is 18.3. The lowest BCUT2D eigenvalue weighted by molar-refractivity contribution is -0.115. The van der Waals surface area contributed by atoms with Crippen LogP contribution >= 0.6 is 11.6 Å². The van der Waals surface area contributed by atoms with E-state index in [0.717, 1.165) is 11.3 Å². The van der Waals surface area contributed by atoms with Gasteiger partial charge in [-0.2, -0.15) is 0 Å². The maximum absolute atomic E-state index is 12.4. The fourth-order valence-electron chi connectivity index (χ4n) is 2.37. The van der Waals surface area contributed by atoms with Crippen LogP contribution in [-0.4, -0.2) is 30.2 Å². The van der Waals surface area contributed by atoms with Gasteiger partial charge in [0.25, 0.3) is 0 Å². The van der Waals surface area contributed by atoms with Crippen molar-refractivity contribution in [3.8, 4) is 0 Å². The Labute approximate surface area is 148 Å². The molecule has 0 fully saturated rings. The maximum Gasteiger partial charge on any atom is 0.243 e. The monoisotopic (exact) mass is 346 g/mol. The summed E-state index contributed by atoms with van der Waals surface area (Å²) < 4.78 is 0. The summed E-state index contributed by atoms with van der Waals surface area (Å²) in [7, 11) is 0. The van der Waals surface area contributed by atoms with Crippen molar-refractivity contribution in [2.75, 3.05) is 23.3 Å². The predicted octanol–water partition coefficient (Wildman–Crippen LogP) is 3.86. The van der Waals surface area contributed by atoms with Crippen molar-refractivity contribution >= 4 is 28.9 Å². The highest BCUT2D eigenvalue weighted by molar-refractivity contribution is 6.33. The van der Waals surface area contributed by atoms with Gasteiger partial charge in [0.15, 0.2) is 0 Å². The number of amides is 1. The van der Waals surface area contributed by atoms with Crippen LogP contribution in [0.1, 0.15) is 18.9 Å². The van der Waals surface area contributed by atoms with Gasteiger partial charge in [0.05, 0.1) is 23.4 Å². The third-order valence-corrected chi connectivity index (χ3v) is 4.07. The zero-order valence-corrected chi connectivity index (χ0v) is 14.8. The normalized spacial score (nSPS) is 11.8. The SMILES string of the molecule is CC[C@H](O)CN(CC(=O)Nc1ccc(C)cc1Cl)c1ccccc1. The third kappa shape index (κ3) is 5.25. The molecule has 2 N–H and O–H groups in total. The number of aliphatic hydroxyl groups is 1. The fraction of sp³-hybridized carbons (Fsp3) is 0.316. The molecule has 2 rings (SSSR count). The molecule has 0 bridgehead atoms. The van der Waals surface area contributed by atoms with Crippen LogP contribution in [-0.2, 0) is 4.79 Å². The summed E-state index contributed by atoms with van der Waals surface area (Å²) in [5.74, 6) is -0.173. The molecule has 0 aliphatic rings. The second-order valence-corrected chi connectivity index (χ2v) is 6.22. The van der Waals surface area contributed by atoms with E-state index in [0.29, 0.717) is 23.7 Å². The Morgan fingerprint density at radius 3 is 2.58 bits per heavy atom. The number of aryl methyl sites for hydroxylation is 1. The van der Waals surface area contributed by atoms with Gasteiger partial charge in [-0.25, -0.2) is 0 Å². The molecule has 128 valence electrons. The molecule has 0 aliphatic heterocycles. The Balaban J connectivity index is 2.09. The molecule has 2 aromatic carbocycles. The van der Waals surface area contributed by atoms with Gasteiger partial charge in [0, 0.05) is 12.2 Å². The molecule has 24 heavy (non-hydrogen) atoms. The van der Waals surface area contributed by atoms with Crippen LogP contribution in [0.25, 0.3) is 0 Å². The van der Waals surface area contributed by atoms with Gasteiger partial charge < -0.3 is 15.3 Å². The number of carbonyl (C=O) groups excluding carboxylic acids is 1. The van der Waals surface area contributed by atoms with Crippen LogP contribution in [0.5, 0.6) is 0 Å². The van der Waals surface area contributed by atoms with Crippen molar-refractivity contribution in [1.82, 2.24) is 0 Å². The zero-order valence-electron chi connectivity index (χ0n) is 14.0. The highest BCUT2D eigenvalue weighted by Crippen LogP contribution is 2.23.